The Hall–Kier alpha value is -3.67. The highest BCUT2D eigenvalue weighted by atomic mass is 35.5. The highest BCUT2D eigenvalue weighted by Crippen LogP contribution is 2.60. The van der Waals surface area contributed by atoms with Gasteiger partial charge < -0.3 is 4.42 Å². The van der Waals surface area contributed by atoms with E-state index in [0.717, 1.165) is 27.3 Å². The maximum Gasteiger partial charge on any atom is 0.254 e. The number of rotatable bonds is 3. The van der Waals surface area contributed by atoms with Crippen molar-refractivity contribution >= 4 is 41.2 Å². The van der Waals surface area contributed by atoms with Gasteiger partial charge in [-0.15, -0.1) is 0 Å². The first-order valence-corrected chi connectivity index (χ1v) is 12.4. The summed E-state index contributed by atoms with van der Waals surface area (Å²) in [6, 6.07) is 25.0. The Kier molecular flexibility index (Phi) is 4.75. The van der Waals surface area contributed by atoms with E-state index in [4.69, 9.17) is 27.6 Å². The molecule has 1 aromatic heterocycles. The fraction of sp³-hybridized carbons (Fsp3) is 0.138. The van der Waals surface area contributed by atoms with Crippen molar-refractivity contribution in [2.45, 2.75) is 11.8 Å². The summed E-state index contributed by atoms with van der Waals surface area (Å²) in [6.07, 6.45) is 1.40. The maximum atomic E-state index is 13.6. The van der Waals surface area contributed by atoms with Gasteiger partial charge in [0.1, 0.15) is 11.5 Å². The van der Waals surface area contributed by atoms with Gasteiger partial charge in [0.2, 0.25) is 0 Å². The standard InChI is InChI=1S/C29H18Cl2N2O3/c30-21-11-5-10-20(27(21)31)22-13-12-15(36-22)14-32-33-28(34)25-23-16-6-1-2-7-17(16)24(26(25)29(33)35)19-9-4-3-8-18(19)23/h1-14,23-26H/b32-14-/t23?,24?,25-,26+. The summed E-state index contributed by atoms with van der Waals surface area (Å²) in [4.78, 5) is 27.2. The Morgan fingerprint density at radius 3 is 1.83 bits per heavy atom. The zero-order valence-electron chi connectivity index (χ0n) is 18.8. The Morgan fingerprint density at radius 1 is 0.722 bits per heavy atom. The molecule has 3 aliphatic carbocycles. The average molecular weight is 513 g/mol. The van der Waals surface area contributed by atoms with E-state index in [0.29, 0.717) is 27.1 Å². The van der Waals surface area contributed by atoms with Gasteiger partial charge in [0, 0.05) is 17.4 Å². The number of imide groups is 1. The van der Waals surface area contributed by atoms with Crippen molar-refractivity contribution in [3.63, 3.8) is 0 Å². The van der Waals surface area contributed by atoms with E-state index in [1.165, 1.54) is 6.21 Å². The van der Waals surface area contributed by atoms with Crippen molar-refractivity contribution in [1.29, 1.82) is 0 Å². The molecule has 0 N–H and O–H groups in total. The molecule has 0 radical (unpaired) electrons. The summed E-state index contributed by atoms with van der Waals surface area (Å²) in [5.74, 6) is -0.904. The van der Waals surface area contributed by atoms with Gasteiger partial charge in [-0.05, 0) is 46.5 Å². The Balaban J connectivity index is 1.24. The number of furan rings is 1. The first kappa shape index (κ1) is 21.6. The summed E-state index contributed by atoms with van der Waals surface area (Å²) < 4.78 is 5.87. The van der Waals surface area contributed by atoms with Gasteiger partial charge in [0.05, 0.1) is 28.1 Å². The van der Waals surface area contributed by atoms with E-state index < -0.39 is 11.8 Å². The van der Waals surface area contributed by atoms with Crippen LogP contribution in [0.1, 0.15) is 39.8 Å². The van der Waals surface area contributed by atoms with Crippen LogP contribution < -0.4 is 0 Å². The largest absolute Gasteiger partial charge is 0.455 e. The zero-order chi connectivity index (χ0) is 24.6. The minimum Gasteiger partial charge on any atom is -0.455 e. The second-order valence-electron chi connectivity index (χ2n) is 9.30. The van der Waals surface area contributed by atoms with Crippen LogP contribution in [-0.4, -0.2) is 23.0 Å². The zero-order valence-corrected chi connectivity index (χ0v) is 20.3. The van der Waals surface area contributed by atoms with Crippen LogP contribution in [0, 0.1) is 11.8 Å². The first-order chi connectivity index (χ1) is 17.5. The molecule has 2 atom stereocenters. The molecule has 2 amide bonds. The molecule has 0 unspecified atom stereocenters. The molecule has 1 saturated heterocycles. The molecule has 0 saturated carbocycles. The van der Waals surface area contributed by atoms with Crippen LogP contribution in [0.5, 0.6) is 0 Å². The lowest BCUT2D eigenvalue weighted by atomic mass is 9.55. The van der Waals surface area contributed by atoms with Gasteiger partial charge in [-0.2, -0.15) is 10.1 Å². The number of carbonyl (C=O) groups excluding carboxylic acids is 2. The number of benzene rings is 3. The first-order valence-electron chi connectivity index (χ1n) is 11.7. The molecule has 0 spiro atoms. The molecule has 5 nitrogen and oxygen atoms in total. The normalized spacial score (nSPS) is 23.8. The molecule has 2 heterocycles. The number of amides is 2. The number of nitrogens with zero attached hydrogens (tertiary/aromatic N) is 2. The summed E-state index contributed by atoms with van der Waals surface area (Å²) in [5.41, 5.74) is 5.16. The minimum absolute atomic E-state index is 0.163. The Labute approximate surface area is 216 Å². The smallest absolute Gasteiger partial charge is 0.254 e. The second-order valence-corrected chi connectivity index (χ2v) is 10.1. The van der Waals surface area contributed by atoms with Crippen molar-refractivity contribution in [1.82, 2.24) is 5.01 Å². The van der Waals surface area contributed by atoms with E-state index in [-0.39, 0.29) is 23.7 Å². The highest BCUT2D eigenvalue weighted by molar-refractivity contribution is 6.43. The molecule has 36 heavy (non-hydrogen) atoms. The number of hydrogen-bond acceptors (Lipinski definition) is 4. The summed E-state index contributed by atoms with van der Waals surface area (Å²) in [6.45, 7) is 0. The van der Waals surface area contributed by atoms with E-state index in [9.17, 15) is 9.59 Å². The summed E-state index contributed by atoms with van der Waals surface area (Å²) >= 11 is 12.4. The molecule has 4 aliphatic rings. The number of carbonyl (C=O) groups is 2. The van der Waals surface area contributed by atoms with Gasteiger partial charge >= 0.3 is 0 Å². The molecule has 4 aromatic rings. The SMILES string of the molecule is O=C1[C@@H]2C3c4ccccc4C(c4ccccc43)[C@@H]2C(=O)N1/N=C\c1ccc(-c2cccc(Cl)c2Cl)o1. The molecule has 7 heteroatoms. The van der Waals surface area contributed by atoms with Gasteiger partial charge in [0.15, 0.2) is 0 Å². The summed E-state index contributed by atoms with van der Waals surface area (Å²) in [7, 11) is 0. The second kappa shape index (κ2) is 7.92. The lowest BCUT2D eigenvalue weighted by molar-refractivity contribution is -0.139. The molecule has 8 rings (SSSR count). The van der Waals surface area contributed by atoms with Gasteiger partial charge in [-0.3, -0.25) is 9.59 Å². The number of hydrazone groups is 1. The lowest BCUT2D eigenvalue weighted by Gasteiger charge is -2.45. The third-order valence-corrected chi connectivity index (χ3v) is 8.39. The van der Waals surface area contributed by atoms with Crippen molar-refractivity contribution in [2.75, 3.05) is 0 Å². The predicted molar refractivity (Wildman–Crippen MR) is 137 cm³/mol. The predicted octanol–water partition coefficient (Wildman–Crippen LogP) is 6.48. The Morgan fingerprint density at radius 2 is 1.28 bits per heavy atom. The van der Waals surface area contributed by atoms with Crippen LogP contribution in [0.15, 0.2) is 88.4 Å². The van der Waals surface area contributed by atoms with Gasteiger partial charge in [-0.1, -0.05) is 77.8 Å². The fourth-order valence-electron chi connectivity index (χ4n) is 6.15. The van der Waals surface area contributed by atoms with Crippen molar-refractivity contribution in [2.24, 2.45) is 16.9 Å². The maximum absolute atomic E-state index is 13.6. The molecular weight excluding hydrogens is 495 g/mol. The summed E-state index contributed by atoms with van der Waals surface area (Å²) in [5, 5.41) is 6.15. The highest BCUT2D eigenvalue weighted by Gasteiger charge is 2.61. The molecule has 2 bridgehead atoms. The third-order valence-electron chi connectivity index (χ3n) is 7.57. The molecule has 176 valence electrons. The van der Waals surface area contributed by atoms with E-state index in [1.807, 2.05) is 24.3 Å². The monoisotopic (exact) mass is 512 g/mol. The van der Waals surface area contributed by atoms with Crippen LogP contribution in [0.3, 0.4) is 0 Å². The lowest BCUT2D eigenvalue weighted by Crippen LogP contribution is -2.41. The number of halogens is 2. The molecule has 1 fully saturated rings. The molecule has 3 aromatic carbocycles. The van der Waals surface area contributed by atoms with Crippen LogP contribution in [0.4, 0.5) is 0 Å². The van der Waals surface area contributed by atoms with Crippen LogP contribution in [0.25, 0.3) is 11.3 Å². The van der Waals surface area contributed by atoms with Crippen LogP contribution in [0.2, 0.25) is 10.0 Å². The number of hydrogen-bond donors (Lipinski definition) is 0. The van der Waals surface area contributed by atoms with Gasteiger partial charge in [-0.25, -0.2) is 0 Å². The molecular formula is C29H18Cl2N2O3. The fourth-order valence-corrected chi connectivity index (χ4v) is 6.54. The quantitative estimate of drug-likeness (QED) is 0.233. The minimum atomic E-state index is -0.470. The third kappa shape index (κ3) is 2.93. The van der Waals surface area contributed by atoms with Crippen molar-refractivity contribution in [3.05, 3.63) is 117 Å². The van der Waals surface area contributed by atoms with Crippen LogP contribution in [-0.2, 0) is 9.59 Å². The van der Waals surface area contributed by atoms with Gasteiger partial charge in [0.25, 0.3) is 11.8 Å². The van der Waals surface area contributed by atoms with E-state index in [2.05, 4.69) is 29.4 Å². The van der Waals surface area contributed by atoms with E-state index >= 15 is 0 Å². The average Bonchev–Trinajstić information content (AvgIpc) is 3.47. The Bertz CT molecular complexity index is 1490. The van der Waals surface area contributed by atoms with Crippen molar-refractivity contribution in [3.8, 4) is 11.3 Å². The molecule has 1 aliphatic heterocycles. The topological polar surface area (TPSA) is 62.9 Å². The van der Waals surface area contributed by atoms with Crippen LogP contribution >= 0.6 is 23.2 Å². The van der Waals surface area contributed by atoms with E-state index in [1.54, 1.807) is 30.3 Å². The van der Waals surface area contributed by atoms with Crippen molar-refractivity contribution < 1.29 is 14.0 Å².